The lowest BCUT2D eigenvalue weighted by molar-refractivity contribution is 0.518. The lowest BCUT2D eigenvalue weighted by atomic mass is 10.3. The quantitative estimate of drug-likeness (QED) is 0.808. The average Bonchev–Trinajstić information content (AvgIpc) is 2.80. The van der Waals surface area contributed by atoms with Crippen molar-refractivity contribution in [3.05, 3.63) is 42.5 Å². The van der Waals surface area contributed by atoms with Gasteiger partial charge in [-0.2, -0.15) is 0 Å². The molecule has 0 aliphatic carbocycles. The molecular weight excluding hydrogens is 202 g/mol. The largest absolute Gasteiger partial charge is 0.467 e. The summed E-state index contributed by atoms with van der Waals surface area (Å²) in [4.78, 5) is 4.20. The van der Waals surface area contributed by atoms with E-state index in [1.807, 2.05) is 31.2 Å². The van der Waals surface area contributed by atoms with Crippen LogP contribution in [-0.4, -0.2) is 11.5 Å². The van der Waals surface area contributed by atoms with Gasteiger partial charge in [-0.05, 0) is 25.1 Å². The Hall–Kier alpha value is -1.97. The Balaban J connectivity index is 1.96. The van der Waals surface area contributed by atoms with E-state index in [0.29, 0.717) is 6.54 Å². The van der Waals surface area contributed by atoms with Crippen molar-refractivity contribution >= 4 is 11.5 Å². The molecule has 2 aromatic rings. The molecule has 0 saturated carbocycles. The Morgan fingerprint density at radius 1 is 1.31 bits per heavy atom. The third kappa shape index (κ3) is 2.76. The number of pyridine rings is 1. The monoisotopic (exact) mass is 217 g/mol. The molecule has 84 valence electrons. The molecular formula is C12H15N3O. The summed E-state index contributed by atoms with van der Waals surface area (Å²) in [6.45, 7) is 3.60. The summed E-state index contributed by atoms with van der Waals surface area (Å²) in [5, 5.41) is 6.44. The number of furan rings is 1. The maximum atomic E-state index is 5.24. The number of anilines is 2. The Kier molecular flexibility index (Phi) is 3.43. The summed E-state index contributed by atoms with van der Waals surface area (Å²) < 4.78 is 5.24. The van der Waals surface area contributed by atoms with E-state index in [2.05, 4.69) is 15.6 Å². The number of nitrogens with one attached hydrogen (secondary N) is 2. The Labute approximate surface area is 94.7 Å². The van der Waals surface area contributed by atoms with Gasteiger partial charge in [-0.25, -0.2) is 4.98 Å². The second kappa shape index (κ2) is 5.21. The van der Waals surface area contributed by atoms with E-state index in [9.17, 15) is 0 Å². The predicted octanol–water partition coefficient (Wildman–Crippen LogP) is 2.72. The summed E-state index contributed by atoms with van der Waals surface area (Å²) in [5.41, 5.74) is 1.03. The lowest BCUT2D eigenvalue weighted by Gasteiger charge is -2.06. The molecule has 0 aromatic carbocycles. The van der Waals surface area contributed by atoms with Gasteiger partial charge in [-0.15, -0.1) is 0 Å². The molecule has 4 nitrogen and oxygen atoms in total. The van der Waals surface area contributed by atoms with E-state index in [-0.39, 0.29) is 0 Å². The molecule has 16 heavy (non-hydrogen) atoms. The van der Waals surface area contributed by atoms with Gasteiger partial charge >= 0.3 is 0 Å². The molecule has 0 aliphatic rings. The van der Waals surface area contributed by atoms with Crippen molar-refractivity contribution in [1.29, 1.82) is 0 Å². The SMILES string of the molecule is CCNc1cc(NCc2ccco2)ccn1. The van der Waals surface area contributed by atoms with Crippen LogP contribution in [0.1, 0.15) is 12.7 Å². The molecule has 0 amide bonds. The lowest BCUT2D eigenvalue weighted by Crippen LogP contribution is -2.02. The molecule has 0 bridgehead atoms. The van der Waals surface area contributed by atoms with Crippen LogP contribution in [0.15, 0.2) is 41.1 Å². The van der Waals surface area contributed by atoms with E-state index < -0.39 is 0 Å². The fourth-order valence-corrected chi connectivity index (χ4v) is 1.42. The molecule has 0 atom stereocenters. The van der Waals surface area contributed by atoms with Gasteiger partial charge < -0.3 is 15.1 Å². The van der Waals surface area contributed by atoms with E-state index >= 15 is 0 Å². The minimum absolute atomic E-state index is 0.683. The number of hydrogen-bond acceptors (Lipinski definition) is 4. The summed E-state index contributed by atoms with van der Waals surface area (Å²) in [5.74, 6) is 1.80. The average molecular weight is 217 g/mol. The fourth-order valence-electron chi connectivity index (χ4n) is 1.42. The highest BCUT2D eigenvalue weighted by Crippen LogP contribution is 2.13. The first-order chi connectivity index (χ1) is 7.88. The van der Waals surface area contributed by atoms with E-state index in [1.54, 1.807) is 12.5 Å². The highest BCUT2D eigenvalue weighted by molar-refractivity contribution is 5.51. The van der Waals surface area contributed by atoms with Crippen molar-refractivity contribution in [2.45, 2.75) is 13.5 Å². The molecule has 4 heteroatoms. The van der Waals surface area contributed by atoms with Gasteiger partial charge in [0.2, 0.25) is 0 Å². The van der Waals surface area contributed by atoms with Gasteiger partial charge in [0, 0.05) is 24.5 Å². The number of nitrogens with zero attached hydrogens (tertiary/aromatic N) is 1. The third-order valence-corrected chi connectivity index (χ3v) is 2.16. The van der Waals surface area contributed by atoms with Crippen molar-refractivity contribution in [2.75, 3.05) is 17.2 Å². The standard InChI is InChI=1S/C12H15N3O/c1-2-13-12-8-10(5-6-14-12)15-9-11-4-3-7-16-11/h3-8H,2,9H2,1H3,(H2,13,14,15). The smallest absolute Gasteiger partial charge is 0.127 e. The van der Waals surface area contributed by atoms with Crippen molar-refractivity contribution < 1.29 is 4.42 Å². The minimum Gasteiger partial charge on any atom is -0.467 e. The van der Waals surface area contributed by atoms with Crippen molar-refractivity contribution in [2.24, 2.45) is 0 Å². The van der Waals surface area contributed by atoms with Crippen LogP contribution < -0.4 is 10.6 Å². The molecule has 2 N–H and O–H groups in total. The summed E-state index contributed by atoms with van der Waals surface area (Å²) in [7, 11) is 0. The van der Waals surface area contributed by atoms with Crippen molar-refractivity contribution in [3.63, 3.8) is 0 Å². The zero-order valence-electron chi connectivity index (χ0n) is 9.23. The van der Waals surface area contributed by atoms with E-state index in [1.165, 1.54) is 0 Å². The molecule has 2 rings (SSSR count). The number of rotatable bonds is 5. The van der Waals surface area contributed by atoms with Gasteiger partial charge in [0.05, 0.1) is 12.8 Å². The van der Waals surface area contributed by atoms with Crippen molar-refractivity contribution in [1.82, 2.24) is 4.98 Å². The summed E-state index contributed by atoms with van der Waals surface area (Å²) in [6.07, 6.45) is 3.45. The van der Waals surface area contributed by atoms with Crippen LogP contribution in [0.5, 0.6) is 0 Å². The van der Waals surface area contributed by atoms with E-state index in [4.69, 9.17) is 4.42 Å². The highest BCUT2D eigenvalue weighted by Gasteiger charge is 1.97. The molecule has 0 radical (unpaired) electrons. The topological polar surface area (TPSA) is 50.1 Å². The fraction of sp³-hybridized carbons (Fsp3) is 0.250. The first-order valence-corrected chi connectivity index (χ1v) is 5.34. The Morgan fingerprint density at radius 3 is 3.00 bits per heavy atom. The van der Waals surface area contributed by atoms with Crippen LogP contribution >= 0.6 is 0 Å². The van der Waals surface area contributed by atoms with Crippen LogP contribution in [-0.2, 0) is 6.54 Å². The second-order valence-electron chi connectivity index (χ2n) is 3.39. The van der Waals surface area contributed by atoms with Crippen LogP contribution in [0.2, 0.25) is 0 Å². The molecule has 2 aromatic heterocycles. The number of hydrogen-bond donors (Lipinski definition) is 2. The molecule has 0 spiro atoms. The molecule has 0 unspecified atom stereocenters. The molecule has 0 aliphatic heterocycles. The molecule has 0 fully saturated rings. The van der Waals surface area contributed by atoms with Crippen LogP contribution in [0.4, 0.5) is 11.5 Å². The maximum absolute atomic E-state index is 5.24. The predicted molar refractivity (Wildman–Crippen MR) is 64.4 cm³/mol. The van der Waals surface area contributed by atoms with Gasteiger partial charge in [0.1, 0.15) is 11.6 Å². The first-order valence-electron chi connectivity index (χ1n) is 5.34. The summed E-state index contributed by atoms with van der Waals surface area (Å²) >= 11 is 0. The number of aromatic nitrogens is 1. The third-order valence-electron chi connectivity index (χ3n) is 2.16. The van der Waals surface area contributed by atoms with Crippen LogP contribution in [0, 0.1) is 0 Å². The van der Waals surface area contributed by atoms with Crippen molar-refractivity contribution in [3.8, 4) is 0 Å². The van der Waals surface area contributed by atoms with Crippen LogP contribution in [0.25, 0.3) is 0 Å². The van der Waals surface area contributed by atoms with Gasteiger partial charge in [0.25, 0.3) is 0 Å². The highest BCUT2D eigenvalue weighted by atomic mass is 16.3. The summed E-state index contributed by atoms with van der Waals surface area (Å²) in [6, 6.07) is 7.74. The molecule has 2 heterocycles. The second-order valence-corrected chi connectivity index (χ2v) is 3.39. The first kappa shape index (κ1) is 10.5. The maximum Gasteiger partial charge on any atom is 0.127 e. The van der Waals surface area contributed by atoms with E-state index in [0.717, 1.165) is 23.8 Å². The minimum atomic E-state index is 0.683. The zero-order valence-corrected chi connectivity index (χ0v) is 9.23. The normalized spacial score (nSPS) is 10.1. The van der Waals surface area contributed by atoms with Gasteiger partial charge in [-0.1, -0.05) is 0 Å². The zero-order chi connectivity index (χ0) is 11.2. The van der Waals surface area contributed by atoms with Gasteiger partial charge in [-0.3, -0.25) is 0 Å². The van der Waals surface area contributed by atoms with Crippen LogP contribution in [0.3, 0.4) is 0 Å². The Bertz CT molecular complexity index is 426. The van der Waals surface area contributed by atoms with Gasteiger partial charge in [0.15, 0.2) is 0 Å². The Morgan fingerprint density at radius 2 is 2.25 bits per heavy atom. The molecule has 0 saturated heterocycles.